The second kappa shape index (κ2) is 4.86. The van der Waals surface area contributed by atoms with Crippen molar-refractivity contribution in [2.24, 2.45) is 0 Å². The number of fused-ring (bicyclic) bond motifs is 1. The molecule has 5 nitrogen and oxygen atoms in total. The minimum absolute atomic E-state index is 0.131. The van der Waals surface area contributed by atoms with E-state index in [4.69, 9.17) is 10.00 Å². The number of nitriles is 1. The maximum absolute atomic E-state index is 12.0. The number of hydrogen-bond donors (Lipinski definition) is 0. The first-order valence-electron chi connectivity index (χ1n) is 5.63. The maximum atomic E-state index is 12.0. The van der Waals surface area contributed by atoms with Crippen molar-refractivity contribution in [3.8, 4) is 6.07 Å². The number of carbonyl (C=O) groups excluding carboxylic acids is 1. The number of sulfone groups is 1. The van der Waals surface area contributed by atoms with E-state index in [1.165, 1.54) is 6.07 Å². The van der Waals surface area contributed by atoms with Crippen molar-refractivity contribution < 1.29 is 17.9 Å². The molecule has 0 spiro atoms. The SMILES string of the molecule is CCOC(=O)C(C#N)=C1CS(=O)(=O)c2ccccc21. The molecule has 0 aromatic heterocycles. The molecule has 0 unspecified atom stereocenters. The van der Waals surface area contributed by atoms with Gasteiger partial charge < -0.3 is 4.74 Å². The summed E-state index contributed by atoms with van der Waals surface area (Å²) in [7, 11) is -3.48. The van der Waals surface area contributed by atoms with Gasteiger partial charge in [0.1, 0.15) is 11.6 Å². The Balaban J connectivity index is 2.66. The summed E-state index contributed by atoms with van der Waals surface area (Å²) in [5.41, 5.74) is 0.388. The van der Waals surface area contributed by atoms with Gasteiger partial charge >= 0.3 is 5.97 Å². The summed E-state index contributed by atoms with van der Waals surface area (Å²) in [6.45, 7) is 1.75. The zero-order valence-electron chi connectivity index (χ0n) is 10.2. The van der Waals surface area contributed by atoms with Gasteiger partial charge in [-0.15, -0.1) is 0 Å². The van der Waals surface area contributed by atoms with Crippen LogP contribution in [-0.2, 0) is 19.4 Å². The van der Waals surface area contributed by atoms with Crippen LogP contribution in [0.15, 0.2) is 34.7 Å². The van der Waals surface area contributed by atoms with Gasteiger partial charge in [-0.05, 0) is 18.6 Å². The Labute approximate surface area is 111 Å². The summed E-state index contributed by atoms with van der Waals surface area (Å²) in [4.78, 5) is 11.8. The van der Waals surface area contributed by atoms with Crippen LogP contribution in [0, 0.1) is 11.3 Å². The molecular formula is C13H11NO4S. The molecule has 0 amide bonds. The summed E-state index contributed by atoms with van der Waals surface area (Å²) in [6.07, 6.45) is 0. The van der Waals surface area contributed by atoms with E-state index in [1.54, 1.807) is 31.2 Å². The van der Waals surface area contributed by atoms with Crippen LogP contribution >= 0.6 is 0 Å². The molecule has 0 atom stereocenters. The van der Waals surface area contributed by atoms with Crippen LogP contribution in [-0.4, -0.2) is 26.7 Å². The third-order valence-electron chi connectivity index (χ3n) is 2.77. The van der Waals surface area contributed by atoms with E-state index >= 15 is 0 Å². The van der Waals surface area contributed by atoms with Crippen molar-refractivity contribution >= 4 is 21.4 Å². The molecule has 0 radical (unpaired) electrons. The fourth-order valence-electron chi connectivity index (χ4n) is 1.98. The average Bonchev–Trinajstić information content (AvgIpc) is 2.64. The van der Waals surface area contributed by atoms with E-state index in [0.717, 1.165) is 0 Å². The van der Waals surface area contributed by atoms with Gasteiger partial charge in [0, 0.05) is 5.57 Å². The molecule has 6 heteroatoms. The summed E-state index contributed by atoms with van der Waals surface area (Å²) in [5, 5.41) is 9.08. The van der Waals surface area contributed by atoms with Gasteiger partial charge in [0.15, 0.2) is 9.84 Å². The molecule has 1 aliphatic rings. The Morgan fingerprint density at radius 1 is 1.42 bits per heavy atom. The fourth-order valence-corrected chi connectivity index (χ4v) is 3.63. The van der Waals surface area contributed by atoms with Gasteiger partial charge in [-0.2, -0.15) is 5.26 Å². The van der Waals surface area contributed by atoms with Gasteiger partial charge in [-0.25, -0.2) is 13.2 Å². The van der Waals surface area contributed by atoms with Crippen molar-refractivity contribution in [1.82, 2.24) is 0 Å². The van der Waals surface area contributed by atoms with Crippen molar-refractivity contribution in [3.63, 3.8) is 0 Å². The lowest BCUT2D eigenvalue weighted by Crippen LogP contribution is -2.09. The highest BCUT2D eigenvalue weighted by molar-refractivity contribution is 7.92. The van der Waals surface area contributed by atoms with E-state index in [1.807, 2.05) is 0 Å². The van der Waals surface area contributed by atoms with Gasteiger partial charge in [0.25, 0.3) is 0 Å². The third-order valence-corrected chi connectivity index (χ3v) is 4.47. The molecule has 0 saturated heterocycles. The molecule has 0 saturated carbocycles. The fraction of sp³-hybridized carbons (Fsp3) is 0.231. The Kier molecular flexibility index (Phi) is 3.40. The molecule has 0 N–H and O–H groups in total. The topological polar surface area (TPSA) is 84.2 Å². The Bertz CT molecular complexity index is 710. The number of ether oxygens (including phenoxy) is 1. The predicted molar refractivity (Wildman–Crippen MR) is 67.7 cm³/mol. The van der Waals surface area contributed by atoms with Crippen LogP contribution in [0.1, 0.15) is 12.5 Å². The smallest absolute Gasteiger partial charge is 0.349 e. The second-order valence-corrected chi connectivity index (χ2v) is 5.90. The minimum atomic E-state index is -3.48. The molecule has 1 aromatic rings. The summed E-state index contributed by atoms with van der Waals surface area (Å²) >= 11 is 0. The van der Waals surface area contributed by atoms with Crippen LogP contribution in [0.3, 0.4) is 0 Å². The lowest BCUT2D eigenvalue weighted by Gasteiger charge is -2.03. The molecule has 0 bridgehead atoms. The van der Waals surface area contributed by atoms with Crippen molar-refractivity contribution in [2.75, 3.05) is 12.4 Å². The maximum Gasteiger partial charge on any atom is 0.349 e. The van der Waals surface area contributed by atoms with E-state index in [-0.39, 0.29) is 28.4 Å². The molecule has 98 valence electrons. The number of benzene rings is 1. The number of hydrogen-bond acceptors (Lipinski definition) is 5. The number of carbonyl (C=O) groups is 1. The highest BCUT2D eigenvalue weighted by Crippen LogP contribution is 2.36. The average molecular weight is 277 g/mol. The highest BCUT2D eigenvalue weighted by atomic mass is 32.2. The molecule has 0 fully saturated rings. The van der Waals surface area contributed by atoms with Crippen LogP contribution in [0.5, 0.6) is 0 Å². The summed E-state index contributed by atoms with van der Waals surface area (Å²) < 4.78 is 28.7. The molecule has 0 aliphatic carbocycles. The first kappa shape index (κ1) is 13.3. The van der Waals surface area contributed by atoms with Crippen LogP contribution in [0.2, 0.25) is 0 Å². The van der Waals surface area contributed by atoms with E-state index in [0.29, 0.717) is 5.56 Å². The highest BCUT2D eigenvalue weighted by Gasteiger charge is 2.34. The standard InChI is InChI=1S/C13H11NO4S/c1-2-18-13(15)10(7-14)11-8-19(16,17)12-6-4-3-5-9(11)12/h3-6H,2,8H2,1H3. The minimum Gasteiger partial charge on any atom is -0.462 e. The van der Waals surface area contributed by atoms with Crippen molar-refractivity contribution in [3.05, 3.63) is 35.4 Å². The lowest BCUT2D eigenvalue weighted by atomic mass is 10.0. The zero-order valence-corrected chi connectivity index (χ0v) is 11.0. The molecular weight excluding hydrogens is 266 g/mol. The Morgan fingerprint density at radius 2 is 2.11 bits per heavy atom. The number of nitrogens with zero attached hydrogens (tertiary/aromatic N) is 1. The van der Waals surface area contributed by atoms with E-state index in [9.17, 15) is 13.2 Å². The zero-order chi connectivity index (χ0) is 14.0. The van der Waals surface area contributed by atoms with E-state index < -0.39 is 15.8 Å². The predicted octanol–water partition coefficient (Wildman–Crippen LogP) is 1.31. The number of esters is 1. The van der Waals surface area contributed by atoms with Crippen LogP contribution < -0.4 is 0 Å². The van der Waals surface area contributed by atoms with Crippen LogP contribution in [0.25, 0.3) is 5.57 Å². The first-order valence-corrected chi connectivity index (χ1v) is 7.29. The molecule has 1 heterocycles. The van der Waals surface area contributed by atoms with E-state index in [2.05, 4.69) is 0 Å². The quantitative estimate of drug-likeness (QED) is 0.462. The lowest BCUT2D eigenvalue weighted by molar-refractivity contribution is -0.137. The normalized spacial score (nSPS) is 18.3. The van der Waals surface area contributed by atoms with Gasteiger partial charge in [0.2, 0.25) is 0 Å². The second-order valence-electron chi connectivity index (χ2n) is 3.94. The third kappa shape index (κ3) is 2.25. The van der Waals surface area contributed by atoms with Crippen molar-refractivity contribution in [1.29, 1.82) is 5.26 Å². The Morgan fingerprint density at radius 3 is 2.74 bits per heavy atom. The molecule has 1 aliphatic heterocycles. The summed E-state index contributed by atoms with van der Waals surface area (Å²) in [5.74, 6) is -1.12. The largest absolute Gasteiger partial charge is 0.462 e. The molecule has 2 rings (SSSR count). The van der Waals surface area contributed by atoms with Crippen molar-refractivity contribution in [2.45, 2.75) is 11.8 Å². The molecule has 19 heavy (non-hydrogen) atoms. The van der Waals surface area contributed by atoms with Gasteiger partial charge in [0.05, 0.1) is 17.3 Å². The monoisotopic (exact) mass is 277 g/mol. The van der Waals surface area contributed by atoms with Gasteiger partial charge in [-0.3, -0.25) is 0 Å². The molecule has 1 aromatic carbocycles. The van der Waals surface area contributed by atoms with Gasteiger partial charge in [-0.1, -0.05) is 18.2 Å². The number of rotatable bonds is 2. The van der Waals surface area contributed by atoms with Crippen LogP contribution in [0.4, 0.5) is 0 Å². The summed E-state index contributed by atoms with van der Waals surface area (Å²) in [6, 6.07) is 8.08. The Hall–Kier alpha value is -2.13. The first-order chi connectivity index (χ1) is 9.01.